The normalized spacial score (nSPS) is 10.7. The quantitative estimate of drug-likeness (QED) is 0.780. The Kier molecular flexibility index (Phi) is 3.73. The van der Waals surface area contributed by atoms with E-state index in [2.05, 4.69) is 34.3 Å². The van der Waals surface area contributed by atoms with Crippen LogP contribution in [-0.4, -0.2) is 17.0 Å². The highest BCUT2D eigenvalue weighted by Crippen LogP contribution is 2.14. The van der Waals surface area contributed by atoms with Crippen LogP contribution in [-0.2, 0) is 6.54 Å². The van der Waals surface area contributed by atoms with Crippen LogP contribution < -0.4 is 5.32 Å². The second kappa shape index (κ2) is 5.83. The number of hydrogen-bond acceptors (Lipinski definition) is 1. The average molecular weight is 278 g/mol. The number of nitrogens with zero attached hydrogens (tertiary/aromatic N) is 1. The Morgan fingerprint density at radius 1 is 1.05 bits per heavy atom. The summed E-state index contributed by atoms with van der Waals surface area (Å²) in [6, 6.07) is 18.0. The first-order chi connectivity index (χ1) is 10.3. The minimum Gasteiger partial charge on any atom is -0.350 e. The lowest BCUT2D eigenvalue weighted by Gasteiger charge is -2.09. The number of benzene rings is 2. The van der Waals surface area contributed by atoms with Gasteiger partial charge in [0.25, 0.3) is 5.91 Å². The van der Waals surface area contributed by atoms with Gasteiger partial charge in [-0.25, -0.2) is 0 Å². The summed E-state index contributed by atoms with van der Waals surface area (Å²) in [6.07, 6.45) is 2.06. The van der Waals surface area contributed by atoms with Gasteiger partial charge in [0.05, 0.1) is 0 Å². The molecule has 2 aromatic carbocycles. The molecule has 3 nitrogen and oxygen atoms in total. The molecule has 0 aliphatic heterocycles. The van der Waals surface area contributed by atoms with Gasteiger partial charge in [0, 0.05) is 30.4 Å². The summed E-state index contributed by atoms with van der Waals surface area (Å²) in [7, 11) is 0. The lowest BCUT2D eigenvalue weighted by atomic mass is 10.1. The third-order valence-electron chi connectivity index (χ3n) is 3.71. The lowest BCUT2D eigenvalue weighted by Crippen LogP contribution is -2.27. The minimum absolute atomic E-state index is 0.00967. The maximum atomic E-state index is 12.1. The Hall–Kier alpha value is -2.55. The lowest BCUT2D eigenvalue weighted by molar-refractivity contribution is 0.0952. The first-order valence-corrected chi connectivity index (χ1v) is 7.13. The molecule has 0 fully saturated rings. The molecule has 1 amide bonds. The maximum Gasteiger partial charge on any atom is 0.251 e. The highest BCUT2D eigenvalue weighted by molar-refractivity contribution is 5.95. The van der Waals surface area contributed by atoms with Crippen molar-refractivity contribution in [1.29, 1.82) is 0 Å². The fourth-order valence-electron chi connectivity index (χ4n) is 2.55. The van der Waals surface area contributed by atoms with Gasteiger partial charge in [-0.2, -0.15) is 0 Å². The van der Waals surface area contributed by atoms with Gasteiger partial charge in [0.1, 0.15) is 0 Å². The van der Waals surface area contributed by atoms with Crippen molar-refractivity contribution in [2.24, 2.45) is 0 Å². The fourth-order valence-corrected chi connectivity index (χ4v) is 2.55. The molecule has 0 saturated heterocycles. The molecule has 0 spiro atoms. The molecule has 0 bridgehead atoms. The molecule has 0 saturated carbocycles. The summed E-state index contributed by atoms with van der Waals surface area (Å²) in [6.45, 7) is 3.34. The van der Waals surface area contributed by atoms with Crippen molar-refractivity contribution >= 4 is 16.8 Å². The van der Waals surface area contributed by atoms with Crippen molar-refractivity contribution < 1.29 is 4.79 Å². The molecular weight excluding hydrogens is 260 g/mol. The van der Waals surface area contributed by atoms with Crippen molar-refractivity contribution in [3.8, 4) is 0 Å². The van der Waals surface area contributed by atoms with Gasteiger partial charge in [-0.05, 0) is 36.1 Å². The largest absolute Gasteiger partial charge is 0.350 e. The summed E-state index contributed by atoms with van der Waals surface area (Å²) < 4.78 is 2.16. The van der Waals surface area contributed by atoms with Crippen molar-refractivity contribution in [3.63, 3.8) is 0 Å². The van der Waals surface area contributed by atoms with E-state index in [1.807, 2.05) is 43.3 Å². The first-order valence-electron chi connectivity index (χ1n) is 7.13. The van der Waals surface area contributed by atoms with Crippen molar-refractivity contribution in [3.05, 3.63) is 71.9 Å². The number of para-hydroxylation sites is 1. The molecule has 0 atom stereocenters. The number of aryl methyl sites for hydroxylation is 1. The fraction of sp³-hybridized carbons (Fsp3) is 0.167. The van der Waals surface area contributed by atoms with Crippen LogP contribution in [0.3, 0.4) is 0 Å². The summed E-state index contributed by atoms with van der Waals surface area (Å²) in [5.41, 5.74) is 2.94. The van der Waals surface area contributed by atoms with Crippen LogP contribution in [0, 0.1) is 6.92 Å². The number of amides is 1. The molecule has 3 aromatic rings. The zero-order valence-corrected chi connectivity index (χ0v) is 12.0. The van der Waals surface area contributed by atoms with Crippen molar-refractivity contribution in [2.45, 2.75) is 13.5 Å². The van der Waals surface area contributed by atoms with Crippen molar-refractivity contribution in [1.82, 2.24) is 9.88 Å². The number of carbonyl (C=O) groups is 1. The van der Waals surface area contributed by atoms with Crippen LogP contribution in [0.2, 0.25) is 0 Å². The van der Waals surface area contributed by atoms with Crippen LogP contribution in [0.15, 0.2) is 60.8 Å². The summed E-state index contributed by atoms with van der Waals surface area (Å²) in [5.74, 6) is -0.00967. The van der Waals surface area contributed by atoms with E-state index >= 15 is 0 Å². The second-order valence-corrected chi connectivity index (χ2v) is 5.14. The van der Waals surface area contributed by atoms with Gasteiger partial charge in [0.2, 0.25) is 0 Å². The minimum atomic E-state index is -0.00967. The standard InChI is InChI=1S/C18H18N2O/c1-14-6-2-4-8-16(14)18(21)19-11-13-20-12-10-15-7-3-5-9-17(15)20/h2-10,12H,11,13H2,1H3,(H,19,21). The zero-order chi connectivity index (χ0) is 14.7. The zero-order valence-electron chi connectivity index (χ0n) is 12.0. The second-order valence-electron chi connectivity index (χ2n) is 5.14. The van der Waals surface area contributed by atoms with Gasteiger partial charge in [-0.1, -0.05) is 36.4 Å². The monoisotopic (exact) mass is 278 g/mol. The topological polar surface area (TPSA) is 34.0 Å². The van der Waals surface area contributed by atoms with E-state index < -0.39 is 0 Å². The predicted molar refractivity (Wildman–Crippen MR) is 85.5 cm³/mol. The van der Waals surface area contributed by atoms with E-state index in [0.29, 0.717) is 6.54 Å². The highest BCUT2D eigenvalue weighted by atomic mass is 16.1. The molecule has 1 N–H and O–H groups in total. The molecule has 0 aliphatic carbocycles. The van der Waals surface area contributed by atoms with Crippen LogP contribution >= 0.6 is 0 Å². The maximum absolute atomic E-state index is 12.1. The van der Waals surface area contributed by atoms with Crippen molar-refractivity contribution in [2.75, 3.05) is 6.54 Å². The summed E-state index contributed by atoms with van der Waals surface area (Å²) in [5, 5.41) is 4.21. The molecule has 21 heavy (non-hydrogen) atoms. The first kappa shape index (κ1) is 13.4. The van der Waals surface area contributed by atoms with Crippen LogP contribution in [0.25, 0.3) is 10.9 Å². The van der Waals surface area contributed by atoms with Gasteiger partial charge < -0.3 is 9.88 Å². The van der Waals surface area contributed by atoms with E-state index in [0.717, 1.165) is 17.7 Å². The molecule has 0 unspecified atom stereocenters. The number of nitrogens with one attached hydrogen (secondary N) is 1. The molecule has 0 aliphatic rings. The SMILES string of the molecule is Cc1ccccc1C(=O)NCCn1ccc2ccccc21. The predicted octanol–water partition coefficient (Wildman–Crippen LogP) is 3.38. The van der Waals surface area contributed by atoms with Crippen LogP contribution in [0.1, 0.15) is 15.9 Å². The van der Waals surface area contributed by atoms with Gasteiger partial charge in [-0.3, -0.25) is 4.79 Å². The molecule has 1 heterocycles. The Bertz CT molecular complexity index is 773. The number of rotatable bonds is 4. The van der Waals surface area contributed by atoms with E-state index in [9.17, 15) is 4.79 Å². The molecule has 3 rings (SSSR count). The molecule has 106 valence electrons. The molecule has 0 radical (unpaired) electrons. The van der Waals surface area contributed by atoms with Gasteiger partial charge >= 0.3 is 0 Å². The Labute approximate surface area is 124 Å². The third-order valence-corrected chi connectivity index (χ3v) is 3.71. The molecule has 1 aromatic heterocycles. The van der Waals surface area contributed by atoms with E-state index in [-0.39, 0.29) is 5.91 Å². The van der Waals surface area contributed by atoms with Crippen LogP contribution in [0.4, 0.5) is 0 Å². The highest BCUT2D eigenvalue weighted by Gasteiger charge is 2.07. The Morgan fingerprint density at radius 3 is 2.67 bits per heavy atom. The summed E-state index contributed by atoms with van der Waals surface area (Å²) >= 11 is 0. The number of aromatic nitrogens is 1. The molecular formula is C18H18N2O. The average Bonchev–Trinajstić information content (AvgIpc) is 2.91. The van der Waals surface area contributed by atoms with Gasteiger partial charge in [0.15, 0.2) is 0 Å². The summed E-state index contributed by atoms with van der Waals surface area (Å²) in [4.78, 5) is 12.1. The Morgan fingerprint density at radius 2 is 1.81 bits per heavy atom. The number of fused-ring (bicyclic) bond motifs is 1. The van der Waals surface area contributed by atoms with Crippen LogP contribution in [0.5, 0.6) is 0 Å². The molecule has 3 heteroatoms. The van der Waals surface area contributed by atoms with E-state index in [1.165, 1.54) is 10.9 Å². The van der Waals surface area contributed by atoms with E-state index in [4.69, 9.17) is 0 Å². The van der Waals surface area contributed by atoms with Gasteiger partial charge in [-0.15, -0.1) is 0 Å². The third kappa shape index (κ3) is 2.82. The number of hydrogen-bond donors (Lipinski definition) is 1. The Balaban J connectivity index is 1.64. The van der Waals surface area contributed by atoms with E-state index in [1.54, 1.807) is 0 Å². The number of carbonyl (C=O) groups excluding carboxylic acids is 1. The smallest absolute Gasteiger partial charge is 0.251 e.